The van der Waals surface area contributed by atoms with Gasteiger partial charge in [0.15, 0.2) is 0 Å². The van der Waals surface area contributed by atoms with E-state index in [2.05, 4.69) is 24.4 Å². The molecule has 3 aromatic rings. The van der Waals surface area contributed by atoms with Gasteiger partial charge in [-0.05, 0) is 36.4 Å². The molecule has 0 saturated heterocycles. The molecule has 0 fully saturated rings. The summed E-state index contributed by atoms with van der Waals surface area (Å²) < 4.78 is 2.79. The van der Waals surface area contributed by atoms with Crippen molar-refractivity contribution in [2.75, 3.05) is 6.54 Å². The molecular formula is C16H16N2OS. The standard InChI is InChI=1S/C16H16N2OS/c1-2-17-11-12-6-5-7-13(10-12)18-16(19)14-8-3-4-9-15(14)20-18/h3-10,17H,2,11H2,1H3. The van der Waals surface area contributed by atoms with Crippen LogP contribution in [0.4, 0.5) is 0 Å². The van der Waals surface area contributed by atoms with Gasteiger partial charge in [0.25, 0.3) is 5.56 Å². The summed E-state index contributed by atoms with van der Waals surface area (Å²) in [6.07, 6.45) is 0. The fraction of sp³-hybridized carbons (Fsp3) is 0.188. The Balaban J connectivity index is 2.06. The lowest BCUT2D eigenvalue weighted by Crippen LogP contribution is -2.13. The molecule has 1 N–H and O–H groups in total. The average molecular weight is 284 g/mol. The van der Waals surface area contributed by atoms with Gasteiger partial charge in [0.1, 0.15) is 0 Å². The second kappa shape index (κ2) is 5.61. The molecule has 0 bridgehead atoms. The Kier molecular flexibility index (Phi) is 3.67. The Morgan fingerprint density at radius 1 is 1.15 bits per heavy atom. The van der Waals surface area contributed by atoms with Crippen LogP contribution in [0.3, 0.4) is 0 Å². The molecule has 4 heteroatoms. The molecule has 0 unspecified atom stereocenters. The van der Waals surface area contributed by atoms with Crippen molar-refractivity contribution in [1.29, 1.82) is 0 Å². The first-order chi connectivity index (χ1) is 9.79. The van der Waals surface area contributed by atoms with E-state index in [0.717, 1.165) is 28.9 Å². The van der Waals surface area contributed by atoms with Crippen molar-refractivity contribution in [3.05, 3.63) is 64.4 Å². The monoisotopic (exact) mass is 284 g/mol. The number of nitrogens with one attached hydrogen (secondary N) is 1. The number of aromatic nitrogens is 1. The molecule has 20 heavy (non-hydrogen) atoms. The third-order valence-corrected chi connectivity index (χ3v) is 4.33. The van der Waals surface area contributed by atoms with Crippen LogP contribution in [0.15, 0.2) is 53.3 Å². The Hall–Kier alpha value is -1.91. The van der Waals surface area contributed by atoms with Crippen molar-refractivity contribution in [1.82, 2.24) is 9.27 Å². The van der Waals surface area contributed by atoms with Gasteiger partial charge in [-0.15, -0.1) is 0 Å². The summed E-state index contributed by atoms with van der Waals surface area (Å²) in [4.78, 5) is 12.4. The fourth-order valence-corrected chi connectivity index (χ4v) is 3.19. The van der Waals surface area contributed by atoms with Crippen molar-refractivity contribution in [3.63, 3.8) is 0 Å². The predicted octanol–water partition coefficient (Wildman–Crippen LogP) is 3.16. The third kappa shape index (κ3) is 2.40. The zero-order valence-corrected chi connectivity index (χ0v) is 12.1. The second-order valence-corrected chi connectivity index (χ2v) is 5.62. The number of nitrogens with zero attached hydrogens (tertiary/aromatic N) is 1. The molecule has 0 aliphatic carbocycles. The molecule has 0 saturated carbocycles. The molecule has 0 amide bonds. The lowest BCUT2D eigenvalue weighted by molar-refractivity contribution is 0.726. The minimum atomic E-state index is 0.0613. The number of hydrogen-bond acceptors (Lipinski definition) is 3. The first-order valence-electron chi connectivity index (χ1n) is 6.70. The van der Waals surface area contributed by atoms with Crippen LogP contribution < -0.4 is 10.9 Å². The van der Waals surface area contributed by atoms with Gasteiger partial charge < -0.3 is 5.32 Å². The summed E-state index contributed by atoms with van der Waals surface area (Å²) in [5.41, 5.74) is 2.19. The summed E-state index contributed by atoms with van der Waals surface area (Å²) in [5, 5.41) is 4.09. The van der Waals surface area contributed by atoms with Crippen molar-refractivity contribution in [2.45, 2.75) is 13.5 Å². The van der Waals surface area contributed by atoms with E-state index in [1.807, 2.05) is 36.4 Å². The molecule has 1 heterocycles. The zero-order valence-electron chi connectivity index (χ0n) is 11.3. The quantitative estimate of drug-likeness (QED) is 0.798. The van der Waals surface area contributed by atoms with Crippen LogP contribution in [0, 0.1) is 0 Å². The average Bonchev–Trinajstić information content (AvgIpc) is 2.83. The molecule has 3 nitrogen and oxygen atoms in total. The maximum absolute atomic E-state index is 12.4. The van der Waals surface area contributed by atoms with E-state index in [1.165, 1.54) is 17.1 Å². The van der Waals surface area contributed by atoms with Crippen molar-refractivity contribution >= 4 is 21.6 Å². The van der Waals surface area contributed by atoms with Gasteiger partial charge in [0, 0.05) is 6.54 Å². The molecule has 0 radical (unpaired) electrons. The molecule has 0 atom stereocenters. The smallest absolute Gasteiger partial charge is 0.273 e. The maximum atomic E-state index is 12.4. The van der Waals surface area contributed by atoms with E-state index >= 15 is 0 Å². The Morgan fingerprint density at radius 2 is 2.00 bits per heavy atom. The Morgan fingerprint density at radius 3 is 2.80 bits per heavy atom. The van der Waals surface area contributed by atoms with Crippen LogP contribution in [0.1, 0.15) is 12.5 Å². The van der Waals surface area contributed by atoms with Crippen molar-refractivity contribution < 1.29 is 0 Å². The molecule has 0 spiro atoms. The largest absolute Gasteiger partial charge is 0.313 e. The highest BCUT2D eigenvalue weighted by Crippen LogP contribution is 2.20. The second-order valence-electron chi connectivity index (χ2n) is 4.64. The van der Waals surface area contributed by atoms with E-state index in [4.69, 9.17) is 0 Å². The molecule has 3 rings (SSSR count). The number of rotatable bonds is 4. The summed E-state index contributed by atoms with van der Waals surface area (Å²) in [6, 6.07) is 15.9. The third-order valence-electron chi connectivity index (χ3n) is 3.22. The van der Waals surface area contributed by atoms with Crippen LogP contribution in [0.2, 0.25) is 0 Å². The highest BCUT2D eigenvalue weighted by Gasteiger charge is 2.08. The lowest BCUT2D eigenvalue weighted by Gasteiger charge is -2.05. The normalized spacial score (nSPS) is 11.1. The van der Waals surface area contributed by atoms with Crippen LogP contribution in [-0.4, -0.2) is 10.5 Å². The fourth-order valence-electron chi connectivity index (χ4n) is 2.20. The van der Waals surface area contributed by atoms with E-state index < -0.39 is 0 Å². The van der Waals surface area contributed by atoms with Gasteiger partial charge in [-0.3, -0.25) is 4.79 Å². The van der Waals surface area contributed by atoms with Crippen molar-refractivity contribution in [3.8, 4) is 5.69 Å². The highest BCUT2D eigenvalue weighted by atomic mass is 32.1. The Bertz CT molecular complexity index is 788. The maximum Gasteiger partial charge on any atom is 0.273 e. The summed E-state index contributed by atoms with van der Waals surface area (Å²) in [7, 11) is 0. The van der Waals surface area contributed by atoms with Crippen LogP contribution in [0.5, 0.6) is 0 Å². The van der Waals surface area contributed by atoms with E-state index in [-0.39, 0.29) is 5.56 Å². The van der Waals surface area contributed by atoms with Crippen LogP contribution >= 0.6 is 11.5 Å². The van der Waals surface area contributed by atoms with Crippen LogP contribution in [0.25, 0.3) is 15.8 Å². The molecule has 102 valence electrons. The van der Waals surface area contributed by atoms with E-state index in [9.17, 15) is 4.79 Å². The molecular weight excluding hydrogens is 268 g/mol. The predicted molar refractivity (Wildman–Crippen MR) is 84.8 cm³/mol. The summed E-state index contributed by atoms with van der Waals surface area (Å²) >= 11 is 1.49. The zero-order chi connectivity index (χ0) is 13.9. The lowest BCUT2D eigenvalue weighted by atomic mass is 10.2. The van der Waals surface area contributed by atoms with Gasteiger partial charge in [-0.25, -0.2) is 3.96 Å². The summed E-state index contributed by atoms with van der Waals surface area (Å²) in [6.45, 7) is 3.84. The van der Waals surface area contributed by atoms with E-state index in [1.54, 1.807) is 3.96 Å². The van der Waals surface area contributed by atoms with Gasteiger partial charge in [-0.2, -0.15) is 0 Å². The molecule has 2 aromatic carbocycles. The van der Waals surface area contributed by atoms with Gasteiger partial charge in [-0.1, -0.05) is 42.7 Å². The highest BCUT2D eigenvalue weighted by molar-refractivity contribution is 7.14. The van der Waals surface area contributed by atoms with Crippen LogP contribution in [-0.2, 0) is 6.54 Å². The van der Waals surface area contributed by atoms with Gasteiger partial charge in [0.05, 0.1) is 15.8 Å². The number of hydrogen-bond donors (Lipinski definition) is 1. The number of benzene rings is 2. The van der Waals surface area contributed by atoms with Crippen molar-refractivity contribution in [2.24, 2.45) is 0 Å². The van der Waals surface area contributed by atoms with Gasteiger partial charge in [0.2, 0.25) is 0 Å². The SMILES string of the molecule is CCNCc1cccc(-n2sc3ccccc3c2=O)c1. The van der Waals surface area contributed by atoms with E-state index in [0.29, 0.717) is 0 Å². The first-order valence-corrected chi connectivity index (χ1v) is 7.48. The topological polar surface area (TPSA) is 34.0 Å². The first kappa shape index (κ1) is 13.1. The molecule has 0 aliphatic heterocycles. The summed E-state index contributed by atoms with van der Waals surface area (Å²) in [5.74, 6) is 0. The molecule has 0 aliphatic rings. The van der Waals surface area contributed by atoms with Gasteiger partial charge >= 0.3 is 0 Å². The minimum Gasteiger partial charge on any atom is -0.313 e. The molecule has 1 aromatic heterocycles. The Labute approximate surface area is 121 Å². The number of fused-ring (bicyclic) bond motifs is 1. The minimum absolute atomic E-state index is 0.0613.